The van der Waals surface area contributed by atoms with Gasteiger partial charge >= 0.3 is 0 Å². The predicted molar refractivity (Wildman–Crippen MR) is 55.2 cm³/mol. The summed E-state index contributed by atoms with van der Waals surface area (Å²) < 4.78 is 13.0. The molecule has 2 aromatic rings. The standard InChI is InChI=1S/C10H7F.C2H4/c11-10-7-3-5-8-4-1-2-6-9(8)10;1-2/h1-7H;1-2H2. The van der Waals surface area contributed by atoms with Crippen LogP contribution in [0.15, 0.2) is 55.6 Å². The van der Waals surface area contributed by atoms with E-state index in [1.165, 1.54) is 6.07 Å². The van der Waals surface area contributed by atoms with Gasteiger partial charge in [-0.05, 0) is 11.5 Å². The third kappa shape index (κ3) is 1.94. The van der Waals surface area contributed by atoms with Gasteiger partial charge in [-0.2, -0.15) is 0 Å². The Labute approximate surface area is 77.3 Å². The molecule has 0 spiro atoms. The van der Waals surface area contributed by atoms with Gasteiger partial charge in [-0.25, -0.2) is 4.39 Å². The minimum atomic E-state index is -0.150. The molecule has 0 unspecified atom stereocenters. The Hall–Kier alpha value is -1.63. The molecule has 66 valence electrons. The third-order valence-corrected chi connectivity index (χ3v) is 1.74. The van der Waals surface area contributed by atoms with E-state index < -0.39 is 0 Å². The number of fused-ring (bicyclic) bond motifs is 1. The molecule has 0 saturated heterocycles. The van der Waals surface area contributed by atoms with E-state index in [-0.39, 0.29) is 5.82 Å². The van der Waals surface area contributed by atoms with E-state index in [9.17, 15) is 4.39 Å². The molecule has 0 atom stereocenters. The minimum Gasteiger partial charge on any atom is -0.206 e. The van der Waals surface area contributed by atoms with Crippen LogP contribution in [0.4, 0.5) is 4.39 Å². The number of hydrogen-bond donors (Lipinski definition) is 0. The van der Waals surface area contributed by atoms with Crippen LogP contribution in [-0.4, -0.2) is 0 Å². The molecular formula is C12H11F. The summed E-state index contributed by atoms with van der Waals surface area (Å²) in [5.41, 5.74) is 0. The molecule has 0 fully saturated rings. The predicted octanol–water partition coefficient (Wildman–Crippen LogP) is 3.78. The summed E-state index contributed by atoms with van der Waals surface area (Å²) in [6, 6.07) is 12.5. The summed E-state index contributed by atoms with van der Waals surface area (Å²) in [5.74, 6) is -0.150. The zero-order chi connectivity index (χ0) is 9.68. The first-order chi connectivity index (χ1) is 6.38. The van der Waals surface area contributed by atoms with Crippen LogP contribution in [0.5, 0.6) is 0 Å². The van der Waals surface area contributed by atoms with E-state index in [1.807, 2.05) is 24.3 Å². The molecule has 0 nitrogen and oxygen atoms in total. The molecular weight excluding hydrogens is 163 g/mol. The molecule has 2 aromatic carbocycles. The molecule has 0 aromatic heterocycles. The average Bonchev–Trinajstić information content (AvgIpc) is 2.22. The second kappa shape index (κ2) is 4.41. The Morgan fingerprint density at radius 1 is 0.846 bits per heavy atom. The number of benzene rings is 2. The Morgan fingerprint density at radius 3 is 2.15 bits per heavy atom. The third-order valence-electron chi connectivity index (χ3n) is 1.74. The highest BCUT2D eigenvalue weighted by Crippen LogP contribution is 2.15. The van der Waals surface area contributed by atoms with Gasteiger partial charge < -0.3 is 0 Å². The fourth-order valence-electron chi connectivity index (χ4n) is 1.19. The second-order valence-electron chi connectivity index (χ2n) is 2.46. The molecule has 2 rings (SSSR count). The number of rotatable bonds is 0. The first kappa shape index (κ1) is 9.46. The molecule has 0 N–H and O–H groups in total. The van der Waals surface area contributed by atoms with Crippen molar-refractivity contribution in [3.63, 3.8) is 0 Å². The van der Waals surface area contributed by atoms with Gasteiger partial charge in [-0.3, -0.25) is 0 Å². The lowest BCUT2D eigenvalue weighted by Crippen LogP contribution is -1.76. The van der Waals surface area contributed by atoms with Crippen molar-refractivity contribution in [2.24, 2.45) is 0 Å². The van der Waals surface area contributed by atoms with Crippen molar-refractivity contribution in [3.05, 3.63) is 61.4 Å². The van der Waals surface area contributed by atoms with Crippen LogP contribution in [0.2, 0.25) is 0 Å². The average molecular weight is 174 g/mol. The highest BCUT2D eigenvalue weighted by atomic mass is 19.1. The van der Waals surface area contributed by atoms with E-state index >= 15 is 0 Å². The zero-order valence-electron chi connectivity index (χ0n) is 7.33. The molecule has 0 bridgehead atoms. The van der Waals surface area contributed by atoms with Crippen molar-refractivity contribution >= 4 is 10.8 Å². The lowest BCUT2D eigenvalue weighted by Gasteiger charge is -1.95. The van der Waals surface area contributed by atoms with Gasteiger partial charge in [0.25, 0.3) is 0 Å². The van der Waals surface area contributed by atoms with Crippen molar-refractivity contribution in [3.8, 4) is 0 Å². The lowest BCUT2D eigenvalue weighted by molar-refractivity contribution is 0.640. The SMILES string of the molecule is C=C.Fc1cccc2ccccc12. The Morgan fingerprint density at radius 2 is 1.46 bits per heavy atom. The Balaban J connectivity index is 0.000000396. The van der Waals surface area contributed by atoms with Gasteiger partial charge in [-0.1, -0.05) is 36.4 Å². The summed E-state index contributed by atoms with van der Waals surface area (Å²) in [6.45, 7) is 6.00. The van der Waals surface area contributed by atoms with E-state index in [1.54, 1.807) is 12.1 Å². The van der Waals surface area contributed by atoms with Crippen LogP contribution in [0.3, 0.4) is 0 Å². The van der Waals surface area contributed by atoms with Crippen molar-refractivity contribution in [1.29, 1.82) is 0 Å². The highest BCUT2D eigenvalue weighted by molar-refractivity contribution is 5.82. The van der Waals surface area contributed by atoms with Crippen molar-refractivity contribution in [2.45, 2.75) is 0 Å². The molecule has 0 amide bonds. The first-order valence-corrected chi connectivity index (χ1v) is 4.01. The van der Waals surface area contributed by atoms with Crippen molar-refractivity contribution < 1.29 is 4.39 Å². The van der Waals surface area contributed by atoms with Gasteiger partial charge in [0.15, 0.2) is 0 Å². The van der Waals surface area contributed by atoms with Gasteiger partial charge in [0, 0.05) is 5.39 Å². The Kier molecular flexibility index (Phi) is 3.21. The maximum atomic E-state index is 13.0. The molecule has 0 saturated carbocycles. The van der Waals surface area contributed by atoms with E-state index in [0.717, 1.165) is 5.39 Å². The van der Waals surface area contributed by atoms with Crippen LogP contribution < -0.4 is 0 Å². The van der Waals surface area contributed by atoms with E-state index in [2.05, 4.69) is 13.2 Å². The monoisotopic (exact) mass is 174 g/mol. The van der Waals surface area contributed by atoms with Crippen LogP contribution in [0.1, 0.15) is 0 Å². The summed E-state index contributed by atoms with van der Waals surface area (Å²) in [7, 11) is 0. The Bertz CT molecular complexity index is 388. The number of halogens is 1. The number of hydrogen-bond acceptors (Lipinski definition) is 0. The molecule has 0 aliphatic carbocycles. The molecule has 0 radical (unpaired) electrons. The van der Waals surface area contributed by atoms with Gasteiger partial charge in [0.1, 0.15) is 5.82 Å². The zero-order valence-corrected chi connectivity index (χ0v) is 7.33. The second-order valence-corrected chi connectivity index (χ2v) is 2.46. The van der Waals surface area contributed by atoms with E-state index in [0.29, 0.717) is 5.39 Å². The molecule has 0 heterocycles. The van der Waals surface area contributed by atoms with Crippen LogP contribution in [0, 0.1) is 5.82 Å². The van der Waals surface area contributed by atoms with Crippen LogP contribution in [-0.2, 0) is 0 Å². The summed E-state index contributed by atoms with van der Waals surface area (Å²) >= 11 is 0. The van der Waals surface area contributed by atoms with Crippen LogP contribution in [0.25, 0.3) is 10.8 Å². The molecule has 1 heteroatoms. The minimum absolute atomic E-state index is 0.150. The fraction of sp³-hybridized carbons (Fsp3) is 0. The lowest BCUT2D eigenvalue weighted by atomic mass is 10.1. The topological polar surface area (TPSA) is 0 Å². The van der Waals surface area contributed by atoms with Crippen molar-refractivity contribution in [2.75, 3.05) is 0 Å². The molecule has 0 aliphatic rings. The summed E-state index contributed by atoms with van der Waals surface area (Å²) in [6.07, 6.45) is 0. The summed E-state index contributed by atoms with van der Waals surface area (Å²) in [5, 5.41) is 1.64. The first-order valence-electron chi connectivity index (χ1n) is 4.01. The van der Waals surface area contributed by atoms with Crippen LogP contribution >= 0.6 is 0 Å². The largest absolute Gasteiger partial charge is 0.206 e. The summed E-state index contributed by atoms with van der Waals surface area (Å²) in [4.78, 5) is 0. The maximum absolute atomic E-state index is 13.0. The fourth-order valence-corrected chi connectivity index (χ4v) is 1.19. The maximum Gasteiger partial charge on any atom is 0.131 e. The van der Waals surface area contributed by atoms with Crippen molar-refractivity contribution in [1.82, 2.24) is 0 Å². The van der Waals surface area contributed by atoms with Gasteiger partial charge in [0.2, 0.25) is 0 Å². The van der Waals surface area contributed by atoms with Gasteiger partial charge in [0.05, 0.1) is 0 Å². The smallest absolute Gasteiger partial charge is 0.131 e. The molecule has 13 heavy (non-hydrogen) atoms. The quantitative estimate of drug-likeness (QED) is 0.533. The van der Waals surface area contributed by atoms with E-state index in [4.69, 9.17) is 0 Å². The highest BCUT2D eigenvalue weighted by Gasteiger charge is 1.95. The van der Waals surface area contributed by atoms with Gasteiger partial charge in [-0.15, -0.1) is 13.2 Å². The molecule has 0 aliphatic heterocycles. The normalized spacial score (nSPS) is 9.00.